The van der Waals surface area contributed by atoms with Crippen molar-refractivity contribution in [2.75, 3.05) is 13.7 Å². The van der Waals surface area contributed by atoms with Crippen LogP contribution in [-0.4, -0.2) is 28.8 Å². The number of esters is 1. The van der Waals surface area contributed by atoms with E-state index < -0.39 is 12.0 Å². The highest BCUT2D eigenvalue weighted by atomic mass is 32.1. The first-order valence-corrected chi connectivity index (χ1v) is 15.9. The van der Waals surface area contributed by atoms with Crippen LogP contribution in [0.1, 0.15) is 35.2 Å². The maximum atomic E-state index is 14.4. The molecule has 0 amide bonds. The molecule has 0 bridgehead atoms. The fourth-order valence-corrected chi connectivity index (χ4v) is 7.00. The molecule has 1 aliphatic rings. The van der Waals surface area contributed by atoms with Crippen LogP contribution in [0.4, 0.5) is 0 Å². The highest BCUT2D eigenvalue weighted by Crippen LogP contribution is 2.36. The zero-order valence-electron chi connectivity index (χ0n) is 25.4. The Labute approximate surface area is 269 Å². The molecule has 0 unspecified atom stereocenters. The minimum Gasteiger partial charge on any atom is -0.497 e. The molecule has 1 aliphatic heterocycles. The van der Waals surface area contributed by atoms with Crippen LogP contribution >= 0.6 is 11.3 Å². The number of carbonyl (C=O) groups is 1. The second-order valence-electron chi connectivity index (χ2n) is 10.9. The first kappa shape index (κ1) is 29.3. The summed E-state index contributed by atoms with van der Waals surface area (Å²) in [5, 5.41) is 1.05. The number of nitrogens with zero attached hydrogens (tertiary/aromatic N) is 3. The summed E-state index contributed by atoms with van der Waals surface area (Å²) in [5.41, 5.74) is 5.24. The number of rotatable bonds is 8. The maximum Gasteiger partial charge on any atom is 0.338 e. The molecule has 0 saturated carbocycles. The average molecular weight is 626 g/mol. The van der Waals surface area contributed by atoms with Crippen molar-refractivity contribution in [2.45, 2.75) is 19.5 Å². The van der Waals surface area contributed by atoms with E-state index >= 15 is 0 Å². The third-order valence-electron chi connectivity index (χ3n) is 8.08. The van der Waals surface area contributed by atoms with Gasteiger partial charge in [-0.1, -0.05) is 102 Å². The van der Waals surface area contributed by atoms with Crippen LogP contribution in [0.25, 0.3) is 22.7 Å². The first-order valence-electron chi connectivity index (χ1n) is 15.1. The number of thiazole rings is 1. The third-order valence-corrected chi connectivity index (χ3v) is 9.07. The molecule has 46 heavy (non-hydrogen) atoms. The Balaban J connectivity index is 1.46. The largest absolute Gasteiger partial charge is 0.497 e. The van der Waals surface area contributed by atoms with Crippen LogP contribution in [-0.2, 0) is 16.1 Å². The van der Waals surface area contributed by atoms with Gasteiger partial charge in [0.1, 0.15) is 5.75 Å². The average Bonchev–Trinajstić information content (AvgIpc) is 3.60. The molecule has 0 aliphatic carbocycles. The zero-order chi connectivity index (χ0) is 31.6. The Hall–Kier alpha value is -5.47. The summed E-state index contributed by atoms with van der Waals surface area (Å²) < 4.78 is 15.5. The standard InChI is InChI=1S/C38H31N3O4S/c1-3-45-37(43)33-34(26-15-8-5-9-16-26)39-38-41(35(33)27-17-12-18-29(21-27)44-2)36(42)32(46-38)22-28-24-40(23-25-13-6-4-7-14-25)31-20-11-10-19-30(28)31/h4-22,24,35H,3,23H2,1-2H3/b32-22-/t35-/m0/s1. The van der Waals surface area contributed by atoms with E-state index in [2.05, 4.69) is 35.0 Å². The SMILES string of the molecule is CCOC(=O)C1=C(c2ccccc2)N=c2s/c(=C\c3cn(Cc4ccccc4)c4ccccc34)c(=O)n2[C@H]1c1cccc(OC)c1. The van der Waals surface area contributed by atoms with Gasteiger partial charge in [-0.2, -0.15) is 0 Å². The van der Waals surface area contributed by atoms with Crippen LogP contribution in [0.3, 0.4) is 0 Å². The molecular formula is C38H31N3O4S. The molecule has 0 saturated heterocycles. The predicted octanol–water partition coefficient (Wildman–Crippen LogP) is 5.95. The number of hydrogen-bond acceptors (Lipinski definition) is 6. The van der Waals surface area contributed by atoms with E-state index in [0.29, 0.717) is 32.9 Å². The third kappa shape index (κ3) is 5.37. The number of aromatic nitrogens is 2. The number of para-hydroxylation sites is 1. The van der Waals surface area contributed by atoms with Gasteiger partial charge < -0.3 is 14.0 Å². The summed E-state index contributed by atoms with van der Waals surface area (Å²) >= 11 is 1.31. The molecule has 0 N–H and O–H groups in total. The number of methoxy groups -OCH3 is 1. The van der Waals surface area contributed by atoms with Gasteiger partial charge in [-0.05, 0) is 42.3 Å². The Bertz CT molecular complexity index is 2280. The maximum absolute atomic E-state index is 14.4. The molecule has 7 rings (SSSR count). The predicted molar refractivity (Wildman–Crippen MR) is 182 cm³/mol. The lowest BCUT2D eigenvalue weighted by molar-refractivity contribution is -0.138. The minimum atomic E-state index is -0.776. The van der Waals surface area contributed by atoms with Crippen molar-refractivity contribution in [3.8, 4) is 5.75 Å². The summed E-state index contributed by atoms with van der Waals surface area (Å²) in [5.74, 6) is 0.100. The van der Waals surface area contributed by atoms with Crippen LogP contribution in [0.15, 0.2) is 131 Å². The lowest BCUT2D eigenvalue weighted by atomic mass is 9.93. The molecule has 2 aromatic heterocycles. The van der Waals surface area contributed by atoms with Crippen LogP contribution < -0.4 is 19.6 Å². The Morgan fingerprint density at radius 1 is 0.935 bits per heavy atom. The molecular weight excluding hydrogens is 595 g/mol. The highest BCUT2D eigenvalue weighted by Gasteiger charge is 2.35. The van der Waals surface area contributed by atoms with Crippen LogP contribution in [0.5, 0.6) is 5.75 Å². The molecule has 6 aromatic rings. The first-order chi connectivity index (χ1) is 22.6. The molecule has 7 nitrogen and oxygen atoms in total. The summed E-state index contributed by atoms with van der Waals surface area (Å²) in [6, 6.07) is 34.7. The Morgan fingerprint density at radius 2 is 1.67 bits per heavy atom. The molecule has 228 valence electrons. The number of benzene rings is 4. The number of hydrogen-bond donors (Lipinski definition) is 0. The zero-order valence-corrected chi connectivity index (χ0v) is 26.2. The number of carbonyl (C=O) groups excluding carboxylic acids is 1. The summed E-state index contributed by atoms with van der Waals surface area (Å²) in [4.78, 5) is 33.6. The van der Waals surface area contributed by atoms with Gasteiger partial charge in [-0.3, -0.25) is 9.36 Å². The number of ether oxygens (including phenoxy) is 2. The van der Waals surface area contributed by atoms with E-state index in [9.17, 15) is 9.59 Å². The molecule has 0 fully saturated rings. The minimum absolute atomic E-state index is 0.187. The van der Waals surface area contributed by atoms with Crippen molar-refractivity contribution < 1.29 is 14.3 Å². The summed E-state index contributed by atoms with van der Waals surface area (Å²) in [7, 11) is 1.59. The van der Waals surface area contributed by atoms with Crippen molar-refractivity contribution in [3.05, 3.63) is 163 Å². The van der Waals surface area contributed by atoms with E-state index in [1.54, 1.807) is 18.6 Å². The van der Waals surface area contributed by atoms with E-state index in [1.165, 1.54) is 16.9 Å². The quantitative estimate of drug-likeness (QED) is 0.196. The van der Waals surface area contributed by atoms with E-state index in [-0.39, 0.29) is 12.2 Å². The van der Waals surface area contributed by atoms with Crippen molar-refractivity contribution in [1.29, 1.82) is 0 Å². The van der Waals surface area contributed by atoms with Gasteiger partial charge in [0.05, 0.1) is 35.6 Å². The van der Waals surface area contributed by atoms with E-state index in [1.807, 2.05) is 91.0 Å². The van der Waals surface area contributed by atoms with Crippen molar-refractivity contribution in [2.24, 2.45) is 4.99 Å². The van der Waals surface area contributed by atoms with E-state index in [4.69, 9.17) is 14.5 Å². The van der Waals surface area contributed by atoms with Crippen LogP contribution in [0.2, 0.25) is 0 Å². The van der Waals surface area contributed by atoms with Gasteiger partial charge in [0.2, 0.25) is 0 Å². The van der Waals surface area contributed by atoms with Crippen molar-refractivity contribution >= 4 is 40.0 Å². The van der Waals surface area contributed by atoms with Gasteiger partial charge in [0.25, 0.3) is 5.56 Å². The lowest BCUT2D eigenvalue weighted by Crippen LogP contribution is -2.40. The summed E-state index contributed by atoms with van der Waals surface area (Å²) in [6.45, 7) is 2.66. The van der Waals surface area contributed by atoms with Crippen molar-refractivity contribution in [3.63, 3.8) is 0 Å². The smallest absolute Gasteiger partial charge is 0.338 e. The van der Waals surface area contributed by atoms with Crippen molar-refractivity contribution in [1.82, 2.24) is 9.13 Å². The lowest BCUT2D eigenvalue weighted by Gasteiger charge is -2.26. The Morgan fingerprint density at radius 3 is 2.43 bits per heavy atom. The Kier molecular flexibility index (Phi) is 7.95. The fraction of sp³-hybridized carbons (Fsp3) is 0.132. The van der Waals surface area contributed by atoms with Gasteiger partial charge in [-0.15, -0.1) is 0 Å². The normalized spacial score (nSPS) is 14.7. The fourth-order valence-electron chi connectivity index (χ4n) is 6.01. The van der Waals surface area contributed by atoms with E-state index in [0.717, 1.165) is 27.6 Å². The topological polar surface area (TPSA) is 74.8 Å². The van der Waals surface area contributed by atoms with Gasteiger partial charge in [0, 0.05) is 34.8 Å². The second kappa shape index (κ2) is 12.5. The second-order valence-corrected chi connectivity index (χ2v) is 11.9. The molecule has 0 spiro atoms. The molecule has 0 radical (unpaired) electrons. The molecule has 1 atom stereocenters. The van der Waals surface area contributed by atoms with Gasteiger partial charge in [-0.25, -0.2) is 9.79 Å². The monoisotopic (exact) mass is 625 g/mol. The molecule has 8 heteroatoms. The van der Waals surface area contributed by atoms with Crippen LogP contribution in [0, 0.1) is 0 Å². The van der Waals surface area contributed by atoms with Gasteiger partial charge in [0.15, 0.2) is 4.80 Å². The number of fused-ring (bicyclic) bond motifs is 2. The highest BCUT2D eigenvalue weighted by molar-refractivity contribution is 7.07. The molecule has 4 aromatic carbocycles. The molecule has 3 heterocycles. The van der Waals surface area contributed by atoms with Gasteiger partial charge >= 0.3 is 5.97 Å². The summed E-state index contributed by atoms with van der Waals surface area (Å²) in [6.07, 6.45) is 4.03.